The minimum atomic E-state index is -0.639. The number of likely N-dealkylation sites (N-methyl/N-ethyl adjacent to an activating group) is 1. The summed E-state index contributed by atoms with van der Waals surface area (Å²) in [5.74, 6) is -0.970. The molecule has 6 nitrogen and oxygen atoms in total. The van der Waals surface area contributed by atoms with E-state index < -0.39 is 11.8 Å². The average Bonchev–Trinajstić information content (AvgIpc) is 2.29. The van der Waals surface area contributed by atoms with Crippen LogP contribution in [0.3, 0.4) is 0 Å². The first-order valence-electron chi connectivity index (χ1n) is 5.21. The molecule has 0 atom stereocenters. The van der Waals surface area contributed by atoms with Crippen molar-refractivity contribution >= 4 is 23.4 Å². The fourth-order valence-electron chi connectivity index (χ4n) is 1.35. The zero-order valence-electron chi connectivity index (χ0n) is 9.33. The Morgan fingerprint density at radius 3 is 2.38 bits per heavy atom. The predicted molar refractivity (Wildman–Crippen MR) is 60.9 cm³/mol. The molecular weight excluding hydrogens is 232 g/mol. The van der Waals surface area contributed by atoms with Crippen LogP contribution in [0, 0.1) is 0 Å². The van der Waals surface area contributed by atoms with E-state index in [9.17, 15) is 9.59 Å². The van der Waals surface area contributed by atoms with E-state index in [4.69, 9.17) is 11.6 Å². The molecule has 1 heterocycles. The van der Waals surface area contributed by atoms with Gasteiger partial charge in [0.15, 0.2) is 0 Å². The molecule has 0 aromatic carbocycles. The number of hydrogen-bond donors (Lipinski definition) is 2. The topological polar surface area (TPSA) is 64.7 Å². The Bertz CT molecular complexity index is 254. The first-order chi connectivity index (χ1) is 7.63. The number of rotatable bonds is 3. The maximum Gasteiger partial charge on any atom is 0.323 e. The van der Waals surface area contributed by atoms with E-state index in [2.05, 4.69) is 15.6 Å². The summed E-state index contributed by atoms with van der Waals surface area (Å²) in [6, 6.07) is 0. The molecule has 0 spiro atoms. The first-order valence-corrected chi connectivity index (χ1v) is 5.75. The minimum absolute atomic E-state index is 0.299. The van der Waals surface area contributed by atoms with Gasteiger partial charge < -0.3 is 10.2 Å². The molecule has 1 rings (SSSR count). The van der Waals surface area contributed by atoms with Crippen molar-refractivity contribution in [3.8, 4) is 0 Å². The molecule has 92 valence electrons. The molecule has 0 bridgehead atoms. The van der Waals surface area contributed by atoms with Crippen LogP contribution in [0.25, 0.3) is 0 Å². The van der Waals surface area contributed by atoms with E-state index in [1.54, 1.807) is 5.01 Å². The molecular formula is C9H17ClN4O2. The Labute approximate surface area is 99.9 Å². The third-order valence-electron chi connectivity index (χ3n) is 2.35. The highest BCUT2D eigenvalue weighted by Gasteiger charge is 2.19. The lowest BCUT2D eigenvalue weighted by molar-refractivity contribution is -0.142. The third-order valence-corrected chi connectivity index (χ3v) is 2.54. The van der Waals surface area contributed by atoms with Crippen LogP contribution in [0.1, 0.15) is 0 Å². The molecule has 1 aliphatic heterocycles. The number of carbonyl (C=O) groups excluding carboxylic acids is 2. The second-order valence-corrected chi connectivity index (χ2v) is 4.05. The quantitative estimate of drug-likeness (QED) is 0.477. The highest BCUT2D eigenvalue weighted by atomic mass is 35.5. The van der Waals surface area contributed by atoms with Crippen LogP contribution in [0.5, 0.6) is 0 Å². The lowest BCUT2D eigenvalue weighted by atomic mass is 10.4. The molecule has 0 aliphatic carbocycles. The minimum Gasteiger partial charge on any atom is -0.347 e. The standard InChI is InChI=1S/C9H17ClN4O2/c1-13-4-6-14(7-5-13)12-9(16)8(15)11-3-2-10/h2-7H2,1H3,(H,11,15)(H,12,16). The number of nitrogens with zero attached hydrogens (tertiary/aromatic N) is 2. The van der Waals surface area contributed by atoms with E-state index >= 15 is 0 Å². The van der Waals surface area contributed by atoms with Crippen molar-refractivity contribution in [3.05, 3.63) is 0 Å². The van der Waals surface area contributed by atoms with Crippen LogP contribution >= 0.6 is 11.6 Å². The van der Waals surface area contributed by atoms with Crippen LogP contribution < -0.4 is 10.7 Å². The molecule has 1 fully saturated rings. The lowest BCUT2D eigenvalue weighted by Gasteiger charge is -2.32. The number of carbonyl (C=O) groups is 2. The van der Waals surface area contributed by atoms with Crippen molar-refractivity contribution in [2.24, 2.45) is 0 Å². The molecule has 1 saturated heterocycles. The molecule has 0 aromatic rings. The molecule has 1 aliphatic rings. The number of hydrogen-bond acceptors (Lipinski definition) is 4. The summed E-state index contributed by atoms with van der Waals surface area (Å²) in [5.41, 5.74) is 2.56. The van der Waals surface area contributed by atoms with Crippen molar-refractivity contribution in [1.82, 2.24) is 20.7 Å². The van der Waals surface area contributed by atoms with Crippen LogP contribution in [0.15, 0.2) is 0 Å². The molecule has 0 saturated carbocycles. The largest absolute Gasteiger partial charge is 0.347 e. The zero-order chi connectivity index (χ0) is 12.0. The van der Waals surface area contributed by atoms with Gasteiger partial charge in [-0.2, -0.15) is 0 Å². The summed E-state index contributed by atoms with van der Waals surface area (Å²) < 4.78 is 0. The molecule has 7 heteroatoms. The van der Waals surface area contributed by atoms with Crippen LogP contribution in [-0.2, 0) is 9.59 Å². The smallest absolute Gasteiger partial charge is 0.323 e. The Morgan fingerprint density at radius 1 is 1.19 bits per heavy atom. The highest BCUT2D eigenvalue weighted by molar-refractivity contribution is 6.35. The second kappa shape index (κ2) is 6.67. The monoisotopic (exact) mass is 248 g/mol. The third kappa shape index (κ3) is 4.34. The maximum absolute atomic E-state index is 11.4. The summed E-state index contributed by atoms with van der Waals surface area (Å²) in [5, 5.41) is 4.16. The molecule has 2 N–H and O–H groups in total. The Kier molecular flexibility index (Phi) is 5.51. The van der Waals surface area contributed by atoms with Gasteiger partial charge in [0.25, 0.3) is 0 Å². The van der Waals surface area contributed by atoms with Gasteiger partial charge in [-0.05, 0) is 7.05 Å². The summed E-state index contributed by atoms with van der Waals surface area (Å²) >= 11 is 5.40. The number of hydrazine groups is 1. The second-order valence-electron chi connectivity index (χ2n) is 3.68. The molecule has 0 radical (unpaired) electrons. The van der Waals surface area contributed by atoms with Gasteiger partial charge in [-0.1, -0.05) is 0 Å². The number of alkyl halides is 1. The summed E-state index contributed by atoms with van der Waals surface area (Å²) in [4.78, 5) is 24.8. The highest BCUT2D eigenvalue weighted by Crippen LogP contribution is 1.94. The average molecular weight is 249 g/mol. The molecule has 0 aromatic heterocycles. The number of nitrogens with one attached hydrogen (secondary N) is 2. The Balaban J connectivity index is 2.25. The van der Waals surface area contributed by atoms with Gasteiger partial charge in [0, 0.05) is 38.6 Å². The number of amides is 2. The van der Waals surface area contributed by atoms with E-state index in [1.807, 2.05) is 7.05 Å². The van der Waals surface area contributed by atoms with Crippen molar-refractivity contribution < 1.29 is 9.59 Å². The van der Waals surface area contributed by atoms with Gasteiger partial charge in [-0.25, -0.2) is 5.01 Å². The Morgan fingerprint density at radius 2 is 1.81 bits per heavy atom. The van der Waals surface area contributed by atoms with Crippen molar-refractivity contribution in [2.75, 3.05) is 45.7 Å². The van der Waals surface area contributed by atoms with Gasteiger partial charge >= 0.3 is 11.8 Å². The summed E-state index contributed by atoms with van der Waals surface area (Å²) in [6.07, 6.45) is 0. The van der Waals surface area contributed by atoms with Crippen molar-refractivity contribution in [1.29, 1.82) is 0 Å². The molecule has 2 amide bonds. The van der Waals surface area contributed by atoms with Crippen molar-refractivity contribution in [2.45, 2.75) is 0 Å². The van der Waals surface area contributed by atoms with E-state index in [1.165, 1.54) is 0 Å². The Hall–Kier alpha value is -0.850. The lowest BCUT2D eigenvalue weighted by Crippen LogP contribution is -2.55. The number of halogens is 1. The molecule has 16 heavy (non-hydrogen) atoms. The van der Waals surface area contributed by atoms with Gasteiger partial charge in [0.2, 0.25) is 0 Å². The van der Waals surface area contributed by atoms with Gasteiger partial charge in [-0.3, -0.25) is 15.0 Å². The van der Waals surface area contributed by atoms with Gasteiger partial charge in [0.1, 0.15) is 0 Å². The summed E-state index contributed by atoms with van der Waals surface area (Å²) in [6.45, 7) is 3.51. The summed E-state index contributed by atoms with van der Waals surface area (Å²) in [7, 11) is 2.02. The van der Waals surface area contributed by atoms with Gasteiger partial charge in [-0.15, -0.1) is 11.6 Å². The SMILES string of the molecule is CN1CCN(NC(=O)C(=O)NCCCl)CC1. The maximum atomic E-state index is 11.4. The fraction of sp³-hybridized carbons (Fsp3) is 0.778. The number of piperazine rings is 1. The predicted octanol–water partition coefficient (Wildman–Crippen LogP) is -1.38. The van der Waals surface area contributed by atoms with Gasteiger partial charge in [0.05, 0.1) is 0 Å². The van der Waals surface area contributed by atoms with E-state index in [0.29, 0.717) is 12.4 Å². The fourth-order valence-corrected chi connectivity index (χ4v) is 1.45. The molecule has 0 unspecified atom stereocenters. The van der Waals surface area contributed by atoms with Crippen LogP contribution in [-0.4, -0.2) is 67.4 Å². The van der Waals surface area contributed by atoms with Crippen LogP contribution in [0.2, 0.25) is 0 Å². The first kappa shape index (κ1) is 13.2. The van der Waals surface area contributed by atoms with E-state index in [0.717, 1.165) is 26.2 Å². The van der Waals surface area contributed by atoms with Crippen molar-refractivity contribution in [3.63, 3.8) is 0 Å². The van der Waals surface area contributed by atoms with E-state index in [-0.39, 0.29) is 0 Å². The normalized spacial score (nSPS) is 18.1. The zero-order valence-corrected chi connectivity index (χ0v) is 10.1. The van der Waals surface area contributed by atoms with Crippen LogP contribution in [0.4, 0.5) is 0 Å².